The maximum absolute atomic E-state index is 14.7. The third-order valence-corrected chi connectivity index (χ3v) is 5.92. The van der Waals surface area contributed by atoms with Gasteiger partial charge in [-0.25, -0.2) is 9.37 Å². The average molecular weight is 391 g/mol. The molecule has 0 spiro atoms. The van der Waals surface area contributed by atoms with Crippen LogP contribution in [-0.2, 0) is 0 Å². The molecule has 2 aliphatic heterocycles. The summed E-state index contributed by atoms with van der Waals surface area (Å²) in [6.45, 7) is 2.15. The maximum atomic E-state index is 14.7. The Balaban J connectivity index is 1.39. The number of imidazole rings is 1. The van der Waals surface area contributed by atoms with Crippen LogP contribution in [0, 0.1) is 0 Å². The zero-order chi connectivity index (χ0) is 20.0. The normalized spacial score (nSPS) is 27.4. The molecule has 2 aliphatic rings. The Labute approximate surface area is 168 Å². The third-order valence-electron chi connectivity index (χ3n) is 5.92. The van der Waals surface area contributed by atoms with E-state index in [1.54, 1.807) is 30.7 Å². The van der Waals surface area contributed by atoms with E-state index in [2.05, 4.69) is 27.4 Å². The summed E-state index contributed by atoms with van der Waals surface area (Å²) in [7, 11) is 0. The molecule has 0 radical (unpaired) electrons. The van der Waals surface area contributed by atoms with Crippen LogP contribution >= 0.6 is 0 Å². The Morgan fingerprint density at radius 3 is 2.90 bits per heavy atom. The highest BCUT2D eigenvalue weighted by molar-refractivity contribution is 5.69. The van der Waals surface area contributed by atoms with Crippen molar-refractivity contribution in [3.8, 4) is 22.7 Å². The van der Waals surface area contributed by atoms with Gasteiger partial charge in [-0.2, -0.15) is 5.10 Å². The van der Waals surface area contributed by atoms with Crippen LogP contribution in [0.15, 0.2) is 54.6 Å². The predicted molar refractivity (Wildman–Crippen MR) is 108 cm³/mol. The van der Waals surface area contributed by atoms with Crippen molar-refractivity contribution in [3.05, 3.63) is 60.3 Å². The van der Waals surface area contributed by atoms with Crippen molar-refractivity contribution in [2.24, 2.45) is 0 Å². The van der Waals surface area contributed by atoms with Crippen molar-refractivity contribution in [3.63, 3.8) is 0 Å². The van der Waals surface area contributed by atoms with Crippen LogP contribution < -0.4 is 5.32 Å². The molecule has 2 saturated heterocycles. The monoisotopic (exact) mass is 391 g/mol. The highest BCUT2D eigenvalue weighted by Gasteiger charge is 2.45. The van der Waals surface area contributed by atoms with Crippen LogP contribution in [0.5, 0.6) is 5.75 Å². The van der Waals surface area contributed by atoms with Gasteiger partial charge in [0.15, 0.2) is 0 Å². The molecule has 2 aromatic heterocycles. The lowest BCUT2D eigenvalue weighted by atomic mass is 9.87. The number of phenolic OH excluding ortho intramolecular Hbond substituents is 1. The number of halogens is 1. The van der Waals surface area contributed by atoms with Gasteiger partial charge in [0.25, 0.3) is 0 Å². The summed E-state index contributed by atoms with van der Waals surface area (Å²) >= 11 is 0. The molecule has 3 atom stereocenters. The molecule has 2 fully saturated rings. The number of piperidine rings is 1. The summed E-state index contributed by atoms with van der Waals surface area (Å²) in [4.78, 5) is 4.01. The van der Waals surface area contributed by atoms with E-state index < -0.39 is 6.17 Å². The fraction of sp³-hybridized carbons (Fsp3) is 0.318. The summed E-state index contributed by atoms with van der Waals surface area (Å²) in [5.74, 6) is 0.114. The van der Waals surface area contributed by atoms with Gasteiger partial charge in [0.1, 0.15) is 11.9 Å². The largest absolute Gasteiger partial charge is 0.507 e. The highest BCUT2D eigenvalue weighted by atomic mass is 19.1. The van der Waals surface area contributed by atoms with E-state index in [1.165, 1.54) is 0 Å². The van der Waals surface area contributed by atoms with Gasteiger partial charge >= 0.3 is 0 Å². The molecule has 1 aromatic carbocycles. The maximum Gasteiger partial charge on any atom is 0.137 e. The quantitative estimate of drug-likeness (QED) is 0.713. The molecule has 2 N–H and O–H groups in total. The first-order chi connectivity index (χ1) is 14.0. The van der Waals surface area contributed by atoms with E-state index in [0.717, 1.165) is 24.1 Å². The lowest BCUT2D eigenvalue weighted by molar-refractivity contribution is 0.234. The molecule has 0 amide bonds. The van der Waals surface area contributed by atoms with Gasteiger partial charge < -0.3 is 15.0 Å². The number of nitrogens with one attached hydrogen (secondary N) is 1. The topological polar surface area (TPSA) is 75.9 Å². The molecule has 148 valence electrons. The van der Waals surface area contributed by atoms with Crippen molar-refractivity contribution in [2.75, 3.05) is 0 Å². The average Bonchev–Trinajstić information content (AvgIpc) is 3.36. The zero-order valence-electron chi connectivity index (χ0n) is 16.1. The van der Waals surface area contributed by atoms with Gasteiger partial charge in [-0.15, -0.1) is 5.10 Å². The number of aromatic nitrogens is 4. The minimum atomic E-state index is -0.980. The molecule has 5 rings (SSSR count). The molecule has 6 nitrogen and oxygen atoms in total. The molecular weight excluding hydrogens is 369 g/mol. The van der Waals surface area contributed by atoms with Crippen LogP contribution in [-0.4, -0.2) is 42.6 Å². The van der Waals surface area contributed by atoms with Gasteiger partial charge in [-0.3, -0.25) is 0 Å². The smallest absolute Gasteiger partial charge is 0.137 e. The Hall–Kier alpha value is -3.06. The number of fused-ring (bicyclic) bond motifs is 2. The van der Waals surface area contributed by atoms with E-state index in [4.69, 9.17) is 0 Å². The van der Waals surface area contributed by atoms with E-state index in [-0.39, 0.29) is 17.3 Å². The van der Waals surface area contributed by atoms with Gasteiger partial charge in [-0.1, -0.05) is 0 Å². The number of nitrogens with zero attached hydrogens (tertiary/aromatic N) is 4. The highest BCUT2D eigenvalue weighted by Crippen LogP contribution is 2.40. The minimum Gasteiger partial charge on any atom is -0.507 e. The Morgan fingerprint density at radius 1 is 1.28 bits per heavy atom. The Kier molecular flexibility index (Phi) is 4.20. The van der Waals surface area contributed by atoms with Crippen molar-refractivity contribution in [1.29, 1.82) is 0 Å². The van der Waals surface area contributed by atoms with E-state index in [1.807, 2.05) is 29.0 Å². The van der Waals surface area contributed by atoms with Gasteiger partial charge in [0, 0.05) is 35.6 Å². The first-order valence-electron chi connectivity index (χ1n) is 9.78. The predicted octanol–water partition coefficient (Wildman–Crippen LogP) is 3.67. The molecule has 4 heterocycles. The molecule has 0 aliphatic carbocycles. The molecule has 0 saturated carbocycles. The van der Waals surface area contributed by atoms with E-state index in [9.17, 15) is 9.50 Å². The summed E-state index contributed by atoms with van der Waals surface area (Å²) < 4.78 is 16.5. The molecule has 2 bridgehead atoms. The Bertz CT molecular complexity index is 1060. The zero-order valence-corrected chi connectivity index (χ0v) is 16.1. The van der Waals surface area contributed by atoms with E-state index >= 15 is 0 Å². The Morgan fingerprint density at radius 2 is 2.17 bits per heavy atom. The standard InChI is InChI=1S/C22H22FN5O/c1-22-7-6-19(25-22)21(23)14(12-22)10-15-2-5-18(27-26-15)17-4-3-16(11-20(17)29)28-9-8-24-13-28/h2-5,8-11,13,19,21,25,29H,6-7,12H2,1H3/b14-10-/t19?,21-,22-/m0/s1. The number of hydrogen-bond acceptors (Lipinski definition) is 5. The lowest BCUT2D eigenvalue weighted by Gasteiger charge is -2.35. The van der Waals surface area contributed by atoms with Gasteiger partial charge in [0.2, 0.25) is 0 Å². The molecular formula is C22H22FN5O. The number of aromatic hydroxyl groups is 1. The summed E-state index contributed by atoms with van der Waals surface area (Å²) in [6.07, 6.45) is 8.55. The van der Waals surface area contributed by atoms with Crippen molar-refractivity contribution in [2.45, 2.75) is 43.9 Å². The molecule has 7 heteroatoms. The van der Waals surface area contributed by atoms with Gasteiger partial charge in [-0.05, 0) is 62.1 Å². The number of alkyl halides is 1. The van der Waals surface area contributed by atoms with Gasteiger partial charge in [0.05, 0.1) is 23.4 Å². The number of benzene rings is 1. The number of hydrogen-bond donors (Lipinski definition) is 2. The summed E-state index contributed by atoms with van der Waals surface area (Å²) in [5.41, 5.74) is 3.36. The molecule has 1 unspecified atom stereocenters. The lowest BCUT2D eigenvalue weighted by Crippen LogP contribution is -2.50. The fourth-order valence-corrected chi connectivity index (χ4v) is 4.42. The number of rotatable bonds is 3. The molecule has 3 aromatic rings. The summed E-state index contributed by atoms with van der Waals surface area (Å²) in [6, 6.07) is 8.86. The van der Waals surface area contributed by atoms with Crippen LogP contribution in [0.4, 0.5) is 4.39 Å². The first-order valence-corrected chi connectivity index (χ1v) is 9.78. The second-order valence-corrected chi connectivity index (χ2v) is 8.16. The SMILES string of the molecule is C[C@@]12CCC(N1)[C@@H](F)/C(=C\c1ccc(-c3ccc(-n4ccnc4)cc3O)nn1)C2. The van der Waals surface area contributed by atoms with Crippen LogP contribution in [0.25, 0.3) is 23.0 Å². The van der Waals surface area contributed by atoms with E-state index in [0.29, 0.717) is 23.4 Å². The summed E-state index contributed by atoms with van der Waals surface area (Å²) in [5, 5.41) is 22.3. The van der Waals surface area contributed by atoms with Crippen LogP contribution in [0.2, 0.25) is 0 Å². The van der Waals surface area contributed by atoms with Crippen molar-refractivity contribution >= 4 is 6.08 Å². The first kappa shape index (κ1) is 18.0. The number of phenols is 1. The van der Waals surface area contributed by atoms with Crippen LogP contribution in [0.3, 0.4) is 0 Å². The third kappa shape index (κ3) is 3.31. The fourth-order valence-electron chi connectivity index (χ4n) is 4.42. The van der Waals surface area contributed by atoms with Crippen LogP contribution in [0.1, 0.15) is 31.9 Å². The van der Waals surface area contributed by atoms with Crippen molar-refractivity contribution in [1.82, 2.24) is 25.1 Å². The second-order valence-electron chi connectivity index (χ2n) is 8.16. The van der Waals surface area contributed by atoms with Crippen molar-refractivity contribution < 1.29 is 9.50 Å². The minimum absolute atomic E-state index is 0.0186. The second kappa shape index (κ2) is 6.77. The molecule has 29 heavy (non-hydrogen) atoms.